The van der Waals surface area contributed by atoms with E-state index in [9.17, 15) is 4.79 Å². The highest BCUT2D eigenvalue weighted by molar-refractivity contribution is 6.36. The summed E-state index contributed by atoms with van der Waals surface area (Å²) in [4.78, 5) is 18.4. The zero-order valence-electron chi connectivity index (χ0n) is 8.89. The molecular formula is C11H7Cl2N3O2. The van der Waals surface area contributed by atoms with Gasteiger partial charge in [-0.15, -0.1) is 0 Å². The number of aromatic carboxylic acids is 1. The van der Waals surface area contributed by atoms with Crippen LogP contribution in [0.2, 0.25) is 10.0 Å². The number of carbonyl (C=O) groups is 1. The first-order valence-corrected chi connectivity index (χ1v) is 5.59. The van der Waals surface area contributed by atoms with Crippen molar-refractivity contribution < 1.29 is 9.90 Å². The Morgan fingerprint density at radius 3 is 2.72 bits per heavy atom. The minimum Gasteiger partial charge on any atom is -0.476 e. The minimum absolute atomic E-state index is 0.148. The van der Waals surface area contributed by atoms with Crippen molar-refractivity contribution in [1.82, 2.24) is 9.97 Å². The van der Waals surface area contributed by atoms with Gasteiger partial charge in [-0.1, -0.05) is 23.2 Å². The molecule has 0 bridgehead atoms. The molecule has 0 radical (unpaired) electrons. The summed E-state index contributed by atoms with van der Waals surface area (Å²) in [7, 11) is 0. The van der Waals surface area contributed by atoms with Crippen LogP contribution in [0, 0.1) is 0 Å². The lowest BCUT2D eigenvalue weighted by atomic mass is 10.3. The first-order valence-electron chi connectivity index (χ1n) is 4.83. The molecule has 0 amide bonds. The molecule has 0 aliphatic carbocycles. The quantitative estimate of drug-likeness (QED) is 0.905. The zero-order chi connectivity index (χ0) is 13.1. The maximum Gasteiger partial charge on any atom is 0.356 e. The number of rotatable bonds is 3. The highest BCUT2D eigenvalue weighted by atomic mass is 35.5. The number of benzene rings is 1. The van der Waals surface area contributed by atoms with Crippen LogP contribution in [-0.2, 0) is 0 Å². The van der Waals surface area contributed by atoms with Gasteiger partial charge in [0.05, 0.1) is 23.1 Å². The second-order valence-electron chi connectivity index (χ2n) is 3.34. The van der Waals surface area contributed by atoms with Crippen LogP contribution in [0.1, 0.15) is 10.5 Å². The molecule has 0 saturated carbocycles. The third-order valence-corrected chi connectivity index (χ3v) is 2.60. The van der Waals surface area contributed by atoms with Gasteiger partial charge in [0.25, 0.3) is 0 Å². The Hall–Kier alpha value is -1.85. The van der Waals surface area contributed by atoms with Crippen LogP contribution in [0.15, 0.2) is 30.6 Å². The molecule has 1 heterocycles. The standard InChI is InChI=1S/C11H7Cl2N3O2/c12-6-1-2-8(7(13)3-6)15-10-5-14-4-9(16-10)11(17)18/h1-5H,(H,15,16)(H,17,18). The predicted octanol–water partition coefficient (Wildman–Crippen LogP) is 3.23. The van der Waals surface area contributed by atoms with E-state index < -0.39 is 5.97 Å². The van der Waals surface area contributed by atoms with E-state index in [0.29, 0.717) is 21.6 Å². The number of nitrogens with one attached hydrogen (secondary N) is 1. The monoisotopic (exact) mass is 283 g/mol. The summed E-state index contributed by atoms with van der Waals surface area (Å²) < 4.78 is 0. The summed E-state index contributed by atoms with van der Waals surface area (Å²) in [6.45, 7) is 0. The molecule has 5 nitrogen and oxygen atoms in total. The van der Waals surface area contributed by atoms with Crippen LogP contribution in [-0.4, -0.2) is 21.0 Å². The summed E-state index contributed by atoms with van der Waals surface area (Å²) in [5.41, 5.74) is 0.419. The Morgan fingerprint density at radius 2 is 2.06 bits per heavy atom. The Morgan fingerprint density at radius 1 is 1.28 bits per heavy atom. The summed E-state index contributed by atoms with van der Waals surface area (Å²) in [5.74, 6) is -0.854. The van der Waals surface area contributed by atoms with Gasteiger partial charge in [-0.05, 0) is 18.2 Å². The summed E-state index contributed by atoms with van der Waals surface area (Å²) in [6, 6.07) is 4.89. The van der Waals surface area contributed by atoms with Gasteiger partial charge in [0.2, 0.25) is 0 Å². The number of hydrogen-bond acceptors (Lipinski definition) is 4. The molecule has 0 aliphatic rings. The van der Waals surface area contributed by atoms with Crippen LogP contribution in [0.4, 0.5) is 11.5 Å². The van der Waals surface area contributed by atoms with Crippen LogP contribution in [0.3, 0.4) is 0 Å². The largest absolute Gasteiger partial charge is 0.476 e. The molecule has 7 heteroatoms. The van der Waals surface area contributed by atoms with Crippen molar-refractivity contribution in [3.05, 3.63) is 46.3 Å². The Kier molecular flexibility index (Phi) is 3.64. The smallest absolute Gasteiger partial charge is 0.356 e. The molecule has 0 atom stereocenters. The summed E-state index contributed by atoms with van der Waals surface area (Å²) >= 11 is 11.7. The third kappa shape index (κ3) is 2.88. The fourth-order valence-corrected chi connectivity index (χ4v) is 1.71. The van der Waals surface area contributed by atoms with Crippen molar-refractivity contribution in [1.29, 1.82) is 0 Å². The van der Waals surface area contributed by atoms with Gasteiger partial charge in [-0.25, -0.2) is 9.78 Å². The van der Waals surface area contributed by atoms with Gasteiger partial charge in [-0.3, -0.25) is 4.98 Å². The lowest BCUT2D eigenvalue weighted by Gasteiger charge is -2.07. The normalized spacial score (nSPS) is 10.1. The highest BCUT2D eigenvalue weighted by Gasteiger charge is 2.07. The second kappa shape index (κ2) is 5.20. The van der Waals surface area contributed by atoms with E-state index >= 15 is 0 Å². The third-order valence-electron chi connectivity index (χ3n) is 2.05. The summed E-state index contributed by atoms with van der Waals surface area (Å²) in [5, 5.41) is 12.6. The number of halogens is 2. The highest BCUT2D eigenvalue weighted by Crippen LogP contribution is 2.27. The van der Waals surface area contributed by atoms with Crippen LogP contribution in [0.25, 0.3) is 0 Å². The number of anilines is 2. The van der Waals surface area contributed by atoms with E-state index in [1.807, 2.05) is 0 Å². The Labute approximate surface area is 112 Å². The van der Waals surface area contributed by atoms with Crippen molar-refractivity contribution in [3.8, 4) is 0 Å². The van der Waals surface area contributed by atoms with Gasteiger partial charge >= 0.3 is 5.97 Å². The van der Waals surface area contributed by atoms with Crippen molar-refractivity contribution in [2.75, 3.05) is 5.32 Å². The Balaban J connectivity index is 2.28. The number of hydrogen-bond donors (Lipinski definition) is 2. The van der Waals surface area contributed by atoms with E-state index in [1.54, 1.807) is 18.2 Å². The van der Waals surface area contributed by atoms with Crippen molar-refractivity contribution >= 4 is 40.7 Å². The van der Waals surface area contributed by atoms with Gasteiger partial charge < -0.3 is 10.4 Å². The average Bonchev–Trinajstić information content (AvgIpc) is 2.33. The number of aromatic nitrogens is 2. The minimum atomic E-state index is -1.15. The average molecular weight is 284 g/mol. The van der Waals surface area contributed by atoms with Gasteiger partial charge in [0.15, 0.2) is 5.69 Å². The molecule has 18 heavy (non-hydrogen) atoms. The fourth-order valence-electron chi connectivity index (χ4n) is 1.26. The summed E-state index contributed by atoms with van der Waals surface area (Å²) in [6.07, 6.45) is 2.56. The molecule has 92 valence electrons. The van der Waals surface area contributed by atoms with Gasteiger partial charge in [0, 0.05) is 5.02 Å². The molecule has 0 fully saturated rings. The first-order chi connectivity index (χ1) is 8.56. The van der Waals surface area contributed by atoms with E-state index in [-0.39, 0.29) is 5.69 Å². The van der Waals surface area contributed by atoms with E-state index in [1.165, 1.54) is 6.20 Å². The molecule has 1 aromatic heterocycles. The maximum atomic E-state index is 10.7. The molecular weight excluding hydrogens is 277 g/mol. The van der Waals surface area contributed by atoms with Crippen LogP contribution < -0.4 is 5.32 Å². The topological polar surface area (TPSA) is 75.1 Å². The second-order valence-corrected chi connectivity index (χ2v) is 4.19. The zero-order valence-corrected chi connectivity index (χ0v) is 10.4. The van der Waals surface area contributed by atoms with Crippen LogP contribution in [0.5, 0.6) is 0 Å². The van der Waals surface area contributed by atoms with Gasteiger partial charge in [0.1, 0.15) is 5.82 Å². The van der Waals surface area contributed by atoms with Crippen molar-refractivity contribution in [2.24, 2.45) is 0 Å². The molecule has 0 saturated heterocycles. The van der Waals surface area contributed by atoms with E-state index in [4.69, 9.17) is 28.3 Å². The lowest BCUT2D eigenvalue weighted by molar-refractivity contribution is 0.0690. The molecule has 1 aromatic carbocycles. The fraction of sp³-hybridized carbons (Fsp3) is 0. The number of nitrogens with zero attached hydrogens (tertiary/aromatic N) is 2. The predicted molar refractivity (Wildman–Crippen MR) is 68.7 cm³/mol. The van der Waals surface area contributed by atoms with E-state index in [0.717, 1.165) is 6.20 Å². The van der Waals surface area contributed by atoms with Crippen molar-refractivity contribution in [2.45, 2.75) is 0 Å². The lowest BCUT2D eigenvalue weighted by Crippen LogP contribution is -2.04. The molecule has 2 aromatic rings. The Bertz CT molecular complexity index is 605. The maximum absolute atomic E-state index is 10.7. The molecule has 0 aliphatic heterocycles. The number of carboxylic acids is 1. The van der Waals surface area contributed by atoms with E-state index in [2.05, 4.69) is 15.3 Å². The molecule has 0 spiro atoms. The van der Waals surface area contributed by atoms with Crippen molar-refractivity contribution in [3.63, 3.8) is 0 Å². The first kappa shape index (κ1) is 12.6. The van der Waals surface area contributed by atoms with Gasteiger partial charge in [-0.2, -0.15) is 0 Å². The molecule has 0 unspecified atom stereocenters. The molecule has 2 rings (SSSR count). The number of carboxylic acid groups (broad SMARTS) is 1. The van der Waals surface area contributed by atoms with Crippen LogP contribution >= 0.6 is 23.2 Å². The molecule has 2 N–H and O–H groups in total. The SMILES string of the molecule is O=C(O)c1cncc(Nc2ccc(Cl)cc2Cl)n1.